The number of benzene rings is 2. The third kappa shape index (κ3) is 4.69. The smallest absolute Gasteiger partial charge is 0.269 e. The summed E-state index contributed by atoms with van der Waals surface area (Å²) in [5, 5.41) is 3.04. The van der Waals surface area contributed by atoms with E-state index in [0.29, 0.717) is 12.2 Å². The second kappa shape index (κ2) is 10.2. The van der Waals surface area contributed by atoms with E-state index in [2.05, 4.69) is 16.4 Å². The largest absolute Gasteiger partial charge is 0.496 e. The zero-order chi connectivity index (χ0) is 22.3. The van der Waals surface area contributed by atoms with Crippen LogP contribution in [0.15, 0.2) is 66.6 Å². The number of nitrogens with zero attached hydrogens (tertiary/aromatic N) is 2. The monoisotopic (exact) mass is 431 g/mol. The zero-order valence-electron chi connectivity index (χ0n) is 18.6. The van der Waals surface area contributed by atoms with E-state index in [1.54, 1.807) is 31.3 Å². The van der Waals surface area contributed by atoms with Crippen LogP contribution in [0.1, 0.15) is 42.6 Å². The molecule has 0 saturated carbocycles. The van der Waals surface area contributed by atoms with Crippen molar-refractivity contribution in [1.82, 2.24) is 14.9 Å². The van der Waals surface area contributed by atoms with E-state index >= 15 is 0 Å². The number of carbonyl (C=O) groups is 1. The third-order valence-electron chi connectivity index (χ3n) is 5.85. The number of rotatable bonds is 8. The molecule has 1 heterocycles. The third-order valence-corrected chi connectivity index (χ3v) is 5.85. The van der Waals surface area contributed by atoms with Crippen LogP contribution in [-0.2, 0) is 0 Å². The lowest BCUT2D eigenvalue weighted by molar-refractivity contribution is 0.0947. The highest BCUT2D eigenvalue weighted by Crippen LogP contribution is 2.38. The van der Waals surface area contributed by atoms with Crippen molar-refractivity contribution in [2.45, 2.75) is 32.1 Å². The molecule has 1 N–H and O–H groups in total. The number of amides is 1. The topological polar surface area (TPSA) is 65.4 Å². The molecule has 1 aromatic heterocycles. The lowest BCUT2D eigenvalue weighted by Gasteiger charge is -2.15. The molecular formula is C26H29N3O3. The van der Waals surface area contributed by atoms with Gasteiger partial charge in [-0.25, -0.2) is 4.98 Å². The first-order valence-electron chi connectivity index (χ1n) is 11.0. The fourth-order valence-corrected chi connectivity index (χ4v) is 4.15. The maximum Gasteiger partial charge on any atom is 0.269 e. The van der Waals surface area contributed by atoms with Crippen molar-refractivity contribution in [1.29, 1.82) is 0 Å². The summed E-state index contributed by atoms with van der Waals surface area (Å²) in [4.78, 5) is 17.0. The molecule has 6 nitrogen and oxygen atoms in total. The fraction of sp³-hybridized carbons (Fsp3) is 0.308. The highest BCUT2D eigenvalue weighted by molar-refractivity contribution is 5.93. The normalized spacial score (nSPS) is 13.4. The Kier molecular flexibility index (Phi) is 6.90. The Labute approximate surface area is 188 Å². The number of nitrogens with one attached hydrogen (secondary N) is 1. The quantitative estimate of drug-likeness (QED) is 0.499. The van der Waals surface area contributed by atoms with E-state index in [9.17, 15) is 4.79 Å². The summed E-state index contributed by atoms with van der Waals surface area (Å²) in [6.45, 7) is 0.641. The van der Waals surface area contributed by atoms with Gasteiger partial charge >= 0.3 is 0 Å². The van der Waals surface area contributed by atoms with Crippen LogP contribution < -0.4 is 14.8 Å². The number of ether oxygens (including phenoxy) is 2. The highest BCUT2D eigenvalue weighted by atomic mass is 16.5. The molecule has 2 aromatic carbocycles. The van der Waals surface area contributed by atoms with Gasteiger partial charge in [-0.15, -0.1) is 0 Å². The standard InChI is InChI=1S/C26H29N3O3/c1-31-23-9-6-10-24(32-2)25(23)20-11-13-21(14-12-20)29-18-27-17-22(29)26(30)28-16-15-19-7-4-3-5-8-19/h6-7,9-14,17-18H,3-5,8,15-16H2,1-2H3,(H,28,30). The molecule has 0 saturated heterocycles. The highest BCUT2D eigenvalue weighted by Gasteiger charge is 2.15. The van der Waals surface area contributed by atoms with Gasteiger partial charge in [-0.1, -0.05) is 29.8 Å². The molecule has 0 fully saturated rings. The van der Waals surface area contributed by atoms with Gasteiger partial charge in [0.05, 0.1) is 32.3 Å². The molecule has 1 aliphatic carbocycles. The maximum atomic E-state index is 12.8. The number of methoxy groups -OCH3 is 2. The molecule has 0 atom stereocenters. The molecule has 166 valence electrons. The van der Waals surface area contributed by atoms with Crippen molar-refractivity contribution < 1.29 is 14.3 Å². The molecule has 1 aliphatic rings. The number of hydrogen-bond donors (Lipinski definition) is 1. The van der Waals surface area contributed by atoms with E-state index in [1.165, 1.54) is 18.4 Å². The van der Waals surface area contributed by atoms with Gasteiger partial charge in [0, 0.05) is 12.2 Å². The Bertz CT molecular complexity index is 1080. The molecule has 1 amide bonds. The van der Waals surface area contributed by atoms with Crippen molar-refractivity contribution in [3.63, 3.8) is 0 Å². The molecule has 0 unspecified atom stereocenters. The SMILES string of the molecule is COc1cccc(OC)c1-c1ccc(-n2cncc2C(=O)NCCC2=CCCCC2)cc1. The number of allylic oxidation sites excluding steroid dienone is 1. The first-order valence-corrected chi connectivity index (χ1v) is 11.0. The Balaban J connectivity index is 1.50. The van der Waals surface area contributed by atoms with Crippen LogP contribution in [0.2, 0.25) is 0 Å². The van der Waals surface area contributed by atoms with Gasteiger partial charge in [0.15, 0.2) is 0 Å². The minimum Gasteiger partial charge on any atom is -0.496 e. The Morgan fingerprint density at radius 3 is 2.47 bits per heavy atom. The van der Waals surface area contributed by atoms with E-state index in [0.717, 1.165) is 47.6 Å². The maximum absolute atomic E-state index is 12.8. The molecule has 3 aromatic rings. The Hall–Kier alpha value is -3.54. The van der Waals surface area contributed by atoms with Gasteiger partial charge < -0.3 is 14.8 Å². The number of hydrogen-bond acceptors (Lipinski definition) is 4. The van der Waals surface area contributed by atoms with Gasteiger partial charge in [-0.2, -0.15) is 0 Å². The van der Waals surface area contributed by atoms with Crippen LogP contribution in [-0.4, -0.2) is 36.2 Å². The van der Waals surface area contributed by atoms with Gasteiger partial charge in [-0.3, -0.25) is 9.36 Å². The van der Waals surface area contributed by atoms with Crippen molar-refractivity contribution in [3.8, 4) is 28.3 Å². The number of carbonyl (C=O) groups excluding carboxylic acids is 1. The van der Waals surface area contributed by atoms with Crippen LogP contribution in [0.5, 0.6) is 11.5 Å². The fourth-order valence-electron chi connectivity index (χ4n) is 4.15. The van der Waals surface area contributed by atoms with Gasteiger partial charge in [0.1, 0.15) is 17.2 Å². The number of aromatic nitrogens is 2. The first-order chi connectivity index (χ1) is 15.7. The van der Waals surface area contributed by atoms with E-state index in [-0.39, 0.29) is 5.91 Å². The minimum atomic E-state index is -0.116. The zero-order valence-corrected chi connectivity index (χ0v) is 18.6. The van der Waals surface area contributed by atoms with Crippen molar-refractivity contribution in [3.05, 3.63) is 72.3 Å². The van der Waals surface area contributed by atoms with Gasteiger partial charge in [-0.05, 0) is 61.9 Å². The second-order valence-corrected chi connectivity index (χ2v) is 7.85. The van der Waals surface area contributed by atoms with E-state index in [4.69, 9.17) is 9.47 Å². The van der Waals surface area contributed by atoms with Gasteiger partial charge in [0.25, 0.3) is 5.91 Å². The first kappa shape index (κ1) is 21.7. The molecule has 0 spiro atoms. The molecule has 0 aliphatic heterocycles. The van der Waals surface area contributed by atoms with Crippen LogP contribution in [0, 0.1) is 0 Å². The molecule has 32 heavy (non-hydrogen) atoms. The van der Waals surface area contributed by atoms with Gasteiger partial charge in [0.2, 0.25) is 0 Å². The summed E-state index contributed by atoms with van der Waals surface area (Å²) in [7, 11) is 3.29. The lowest BCUT2D eigenvalue weighted by atomic mass is 9.97. The molecular weight excluding hydrogens is 402 g/mol. The van der Waals surface area contributed by atoms with Crippen LogP contribution in [0.3, 0.4) is 0 Å². The predicted octanol–water partition coefficient (Wildman–Crippen LogP) is 5.18. The average Bonchev–Trinajstić information content (AvgIpc) is 3.34. The predicted molar refractivity (Wildman–Crippen MR) is 126 cm³/mol. The second-order valence-electron chi connectivity index (χ2n) is 7.85. The molecule has 6 heteroatoms. The van der Waals surface area contributed by atoms with Crippen molar-refractivity contribution in [2.24, 2.45) is 0 Å². The van der Waals surface area contributed by atoms with E-state index in [1.807, 2.05) is 42.5 Å². The molecule has 0 bridgehead atoms. The summed E-state index contributed by atoms with van der Waals surface area (Å²) >= 11 is 0. The number of imidazole rings is 1. The van der Waals surface area contributed by atoms with Crippen LogP contribution >= 0.6 is 0 Å². The lowest BCUT2D eigenvalue weighted by Crippen LogP contribution is -2.26. The summed E-state index contributed by atoms with van der Waals surface area (Å²) in [5.41, 5.74) is 4.69. The Morgan fingerprint density at radius 2 is 1.81 bits per heavy atom. The summed E-state index contributed by atoms with van der Waals surface area (Å²) in [6, 6.07) is 13.6. The summed E-state index contributed by atoms with van der Waals surface area (Å²) in [5.74, 6) is 1.37. The average molecular weight is 432 g/mol. The summed E-state index contributed by atoms with van der Waals surface area (Å²) in [6.07, 6.45) is 11.3. The molecule has 0 radical (unpaired) electrons. The van der Waals surface area contributed by atoms with Crippen molar-refractivity contribution in [2.75, 3.05) is 20.8 Å². The van der Waals surface area contributed by atoms with Crippen molar-refractivity contribution >= 4 is 5.91 Å². The van der Waals surface area contributed by atoms with Crippen LogP contribution in [0.25, 0.3) is 16.8 Å². The Morgan fingerprint density at radius 1 is 1.06 bits per heavy atom. The van der Waals surface area contributed by atoms with E-state index < -0.39 is 0 Å². The summed E-state index contributed by atoms with van der Waals surface area (Å²) < 4.78 is 12.9. The minimum absolute atomic E-state index is 0.116. The van der Waals surface area contributed by atoms with Crippen LogP contribution in [0.4, 0.5) is 0 Å². The molecule has 4 rings (SSSR count).